The Morgan fingerprint density at radius 2 is 1.37 bits per heavy atom. The van der Waals surface area contributed by atoms with Crippen LogP contribution in [0.1, 0.15) is 60.1 Å². The molecule has 0 spiro atoms. The maximum atomic E-state index is 11.1. The summed E-state index contributed by atoms with van der Waals surface area (Å²) in [6.07, 6.45) is -2.33. The summed E-state index contributed by atoms with van der Waals surface area (Å²) in [7, 11) is 0. The van der Waals surface area contributed by atoms with E-state index in [1.165, 1.54) is 12.1 Å². The molecule has 1 fully saturated rings. The van der Waals surface area contributed by atoms with Gasteiger partial charge in [-0.05, 0) is 103 Å². The third kappa shape index (κ3) is 6.95. The van der Waals surface area contributed by atoms with Gasteiger partial charge < -0.3 is 45.2 Å². The fourth-order valence-corrected chi connectivity index (χ4v) is 6.52. The number of benzene rings is 3. The average molecular weight is 599 g/mol. The Kier molecular flexibility index (Phi) is 9.85. The van der Waals surface area contributed by atoms with Crippen molar-refractivity contribution in [3.63, 3.8) is 0 Å². The van der Waals surface area contributed by atoms with Crippen LogP contribution in [0.15, 0.2) is 60.7 Å². The van der Waals surface area contributed by atoms with Crippen LogP contribution in [0.2, 0.25) is 0 Å². The molecule has 5 rings (SSSR count). The minimum atomic E-state index is -1.54. The summed E-state index contributed by atoms with van der Waals surface area (Å²) in [6.45, 7) is 0. The van der Waals surface area contributed by atoms with Gasteiger partial charge in [-0.2, -0.15) is 0 Å². The molecule has 7 atom stereocenters. The van der Waals surface area contributed by atoms with Crippen molar-refractivity contribution in [3.8, 4) is 23.0 Å². The monoisotopic (exact) mass is 598 g/mol. The molecular formula is C32H38O11. The zero-order chi connectivity index (χ0) is 30.7. The molecule has 0 aromatic heterocycles. The highest BCUT2D eigenvalue weighted by atomic mass is 17.1. The number of fused-ring (bicyclic) bond motifs is 1. The summed E-state index contributed by atoms with van der Waals surface area (Å²) in [6, 6.07) is 16.9. The van der Waals surface area contributed by atoms with E-state index in [9.17, 15) is 30.6 Å². The minimum Gasteiger partial charge on any atom is -0.457 e. The molecule has 2 aliphatic rings. The Morgan fingerprint density at radius 3 is 2.07 bits per heavy atom. The van der Waals surface area contributed by atoms with Gasteiger partial charge in [-0.1, -0.05) is 24.3 Å². The molecule has 1 saturated carbocycles. The van der Waals surface area contributed by atoms with Crippen LogP contribution in [0.5, 0.6) is 23.0 Å². The van der Waals surface area contributed by atoms with E-state index in [1.54, 1.807) is 36.4 Å². The van der Waals surface area contributed by atoms with Gasteiger partial charge in [0.15, 0.2) is 6.29 Å². The Hall–Kier alpha value is -3.26. The fraction of sp³-hybridized carbons (Fsp3) is 0.438. The third-order valence-corrected chi connectivity index (χ3v) is 8.89. The quantitative estimate of drug-likeness (QED) is 0.0916. The predicted octanol–water partition coefficient (Wildman–Crippen LogP) is 3.50. The molecule has 0 saturated heterocycles. The highest BCUT2D eigenvalue weighted by Crippen LogP contribution is 2.47. The van der Waals surface area contributed by atoms with Crippen LogP contribution in [0, 0.1) is 17.8 Å². The first kappa shape index (κ1) is 31.2. The number of rotatable bonds is 11. The van der Waals surface area contributed by atoms with Crippen molar-refractivity contribution in [2.75, 3.05) is 0 Å². The second kappa shape index (κ2) is 13.6. The highest BCUT2D eigenvalue weighted by molar-refractivity contribution is 5.45. The maximum absolute atomic E-state index is 11.1. The van der Waals surface area contributed by atoms with Crippen molar-refractivity contribution in [2.45, 2.75) is 69.2 Å². The number of ether oxygens (including phenoxy) is 1. The van der Waals surface area contributed by atoms with Gasteiger partial charge in [-0.15, -0.1) is 0 Å². The lowest BCUT2D eigenvalue weighted by Crippen LogP contribution is -2.42. The van der Waals surface area contributed by atoms with Gasteiger partial charge in [-0.25, -0.2) is 10.5 Å². The number of aliphatic hydroxyl groups is 6. The fourth-order valence-electron chi connectivity index (χ4n) is 6.52. The van der Waals surface area contributed by atoms with Crippen molar-refractivity contribution in [1.82, 2.24) is 0 Å². The third-order valence-electron chi connectivity index (χ3n) is 8.89. The summed E-state index contributed by atoms with van der Waals surface area (Å²) in [5.74, 6) is -0.463. The molecule has 2 aliphatic carbocycles. The number of hydrogen-bond acceptors (Lipinski definition) is 11. The molecule has 0 bridgehead atoms. The Balaban J connectivity index is 1.20. The second-order valence-electron chi connectivity index (χ2n) is 11.6. The van der Waals surface area contributed by atoms with Gasteiger partial charge in [0.2, 0.25) is 11.5 Å². The molecule has 8 N–H and O–H groups in total. The molecule has 43 heavy (non-hydrogen) atoms. The van der Waals surface area contributed by atoms with Gasteiger partial charge in [-0.3, -0.25) is 0 Å². The number of aliphatic hydroxyl groups excluding tert-OH is 5. The van der Waals surface area contributed by atoms with E-state index in [0.717, 1.165) is 11.1 Å². The summed E-state index contributed by atoms with van der Waals surface area (Å²) in [5.41, 5.74) is 2.78. The van der Waals surface area contributed by atoms with Crippen molar-refractivity contribution in [2.24, 2.45) is 17.8 Å². The van der Waals surface area contributed by atoms with Gasteiger partial charge >= 0.3 is 0 Å². The lowest BCUT2D eigenvalue weighted by molar-refractivity contribution is -0.164. The largest absolute Gasteiger partial charge is 0.457 e. The Labute approximate surface area is 248 Å². The molecule has 232 valence electrons. The first-order valence-electron chi connectivity index (χ1n) is 14.4. The van der Waals surface area contributed by atoms with Crippen LogP contribution in [-0.2, 0) is 12.8 Å². The molecule has 7 unspecified atom stereocenters. The molecule has 3 aromatic rings. The molecule has 0 aliphatic heterocycles. The zero-order valence-electron chi connectivity index (χ0n) is 23.4. The highest BCUT2D eigenvalue weighted by Gasteiger charge is 2.39. The summed E-state index contributed by atoms with van der Waals surface area (Å²) in [4.78, 5) is 8.38. The van der Waals surface area contributed by atoms with E-state index in [1.807, 2.05) is 12.1 Å². The molecule has 0 heterocycles. The summed E-state index contributed by atoms with van der Waals surface area (Å²) in [5, 5.41) is 80.2. The van der Waals surface area contributed by atoms with Gasteiger partial charge in [0.25, 0.3) is 0 Å². The van der Waals surface area contributed by atoms with Gasteiger partial charge in [0, 0.05) is 11.8 Å². The maximum Gasteiger partial charge on any atom is 0.211 e. The Morgan fingerprint density at radius 1 is 0.698 bits per heavy atom. The molecular weight excluding hydrogens is 560 g/mol. The van der Waals surface area contributed by atoms with Gasteiger partial charge in [0.1, 0.15) is 11.5 Å². The van der Waals surface area contributed by atoms with Crippen LogP contribution in [0.4, 0.5) is 0 Å². The predicted molar refractivity (Wildman–Crippen MR) is 152 cm³/mol. The first-order valence-corrected chi connectivity index (χ1v) is 14.4. The molecule has 0 radical (unpaired) electrons. The van der Waals surface area contributed by atoms with Gasteiger partial charge in [0.05, 0.1) is 24.4 Å². The van der Waals surface area contributed by atoms with E-state index < -0.39 is 48.5 Å². The zero-order valence-corrected chi connectivity index (χ0v) is 23.4. The van der Waals surface area contributed by atoms with E-state index in [2.05, 4.69) is 9.78 Å². The van der Waals surface area contributed by atoms with Crippen LogP contribution >= 0.6 is 0 Å². The number of hydrogen-bond donors (Lipinski definition) is 8. The van der Waals surface area contributed by atoms with E-state index in [-0.39, 0.29) is 11.5 Å². The molecule has 11 nitrogen and oxygen atoms in total. The molecule has 11 heteroatoms. The number of aryl methyl sites for hydroxylation is 1. The van der Waals surface area contributed by atoms with Crippen LogP contribution in [0.25, 0.3) is 0 Å². The van der Waals surface area contributed by atoms with Crippen LogP contribution in [-0.4, -0.2) is 59.7 Å². The van der Waals surface area contributed by atoms with Crippen molar-refractivity contribution >= 4 is 0 Å². The Bertz CT molecular complexity index is 1360. The second-order valence-corrected chi connectivity index (χ2v) is 11.6. The van der Waals surface area contributed by atoms with Crippen molar-refractivity contribution in [3.05, 3.63) is 82.9 Å². The lowest BCUT2D eigenvalue weighted by atomic mass is 9.73. The minimum absolute atomic E-state index is 0.0449. The molecule has 3 aromatic carbocycles. The lowest BCUT2D eigenvalue weighted by Gasteiger charge is -2.38. The van der Waals surface area contributed by atoms with E-state index in [4.69, 9.17) is 15.3 Å². The van der Waals surface area contributed by atoms with Crippen molar-refractivity contribution < 1.29 is 55.7 Å². The summed E-state index contributed by atoms with van der Waals surface area (Å²) < 4.78 is 6.01. The smallest absolute Gasteiger partial charge is 0.211 e. The topological polar surface area (TPSA) is 190 Å². The van der Waals surface area contributed by atoms with E-state index >= 15 is 0 Å². The van der Waals surface area contributed by atoms with Crippen molar-refractivity contribution in [1.29, 1.82) is 0 Å². The standard InChI is InChI=1S/C32H38O11/c33-19-5-10-23(32(37)38)25(15-19)27(34)13-17-1-6-20(7-2-17)41-21-8-11-22-26(16-21)31(36)24(30(22)35)9-3-18-4-12-28(42-39)29(14-18)43-40/h1-2,4,6-8,11-12,14,16,19,23-25,27,30-40H,3,5,9-10,13,15H2. The SMILES string of the molecule is OOc1ccc(CCC2C(O)c3ccc(Oc4ccc(CC(O)C5CC(O)CCC5C(O)O)cc4)cc3C2O)cc1OO. The normalized spacial score (nSPS) is 25.8. The first-order chi connectivity index (χ1) is 20.7. The average Bonchev–Trinajstić information content (AvgIpc) is 3.24. The van der Waals surface area contributed by atoms with E-state index in [0.29, 0.717) is 61.2 Å². The van der Waals surface area contributed by atoms with Crippen LogP contribution in [0.3, 0.4) is 0 Å². The molecule has 0 amide bonds. The summed E-state index contributed by atoms with van der Waals surface area (Å²) >= 11 is 0. The van der Waals surface area contributed by atoms with Crippen LogP contribution < -0.4 is 14.5 Å².